The van der Waals surface area contributed by atoms with Gasteiger partial charge in [0.2, 0.25) is 0 Å². The number of phenolic OH excluding ortho intramolecular Hbond substituents is 3. The molecule has 1 heterocycles. The second kappa shape index (κ2) is 6.16. The molecule has 0 fully saturated rings. The molecule has 124 valence electrons. The Morgan fingerprint density at radius 2 is 1.71 bits per heavy atom. The molecule has 3 rings (SSSR count). The number of aryl methyl sites for hydroxylation is 2. The molecule has 0 spiro atoms. The summed E-state index contributed by atoms with van der Waals surface area (Å²) in [5, 5.41) is 29.2. The smallest absolute Gasteiger partial charge is 0.193 e. The van der Waals surface area contributed by atoms with Gasteiger partial charge in [0.25, 0.3) is 0 Å². The summed E-state index contributed by atoms with van der Waals surface area (Å²) in [6.07, 6.45) is 0.862. The van der Waals surface area contributed by atoms with E-state index in [1.54, 1.807) is 12.1 Å². The third-order valence-electron chi connectivity index (χ3n) is 3.81. The summed E-state index contributed by atoms with van der Waals surface area (Å²) >= 11 is 0. The van der Waals surface area contributed by atoms with Gasteiger partial charge in [-0.25, -0.2) is 0 Å². The van der Waals surface area contributed by atoms with Crippen LogP contribution in [-0.2, 0) is 12.8 Å². The van der Waals surface area contributed by atoms with Crippen LogP contribution in [0.5, 0.6) is 23.0 Å². The summed E-state index contributed by atoms with van der Waals surface area (Å²) in [4.78, 5) is 12.1. The largest absolute Gasteiger partial charge is 0.508 e. The third-order valence-corrected chi connectivity index (χ3v) is 3.81. The zero-order valence-corrected chi connectivity index (χ0v) is 12.9. The summed E-state index contributed by atoms with van der Waals surface area (Å²) in [5.41, 5.74) is 0.597. The van der Waals surface area contributed by atoms with Crippen LogP contribution in [0.15, 0.2) is 45.6 Å². The molecule has 0 saturated heterocycles. The Balaban J connectivity index is 1.88. The molecule has 0 radical (unpaired) electrons. The van der Waals surface area contributed by atoms with Crippen molar-refractivity contribution in [3.05, 3.63) is 57.9 Å². The van der Waals surface area contributed by atoms with E-state index in [-0.39, 0.29) is 33.6 Å². The third kappa shape index (κ3) is 2.99. The van der Waals surface area contributed by atoms with Crippen LogP contribution in [0.3, 0.4) is 0 Å². The first-order valence-electron chi connectivity index (χ1n) is 7.32. The minimum Gasteiger partial charge on any atom is -0.508 e. The second-order valence-electron chi connectivity index (χ2n) is 5.41. The van der Waals surface area contributed by atoms with Gasteiger partial charge in [-0.1, -0.05) is 6.07 Å². The zero-order valence-electron chi connectivity index (χ0n) is 12.9. The van der Waals surface area contributed by atoms with E-state index < -0.39 is 0 Å². The number of aromatic hydroxyl groups is 3. The van der Waals surface area contributed by atoms with Crippen molar-refractivity contribution in [3.63, 3.8) is 0 Å². The van der Waals surface area contributed by atoms with Crippen molar-refractivity contribution in [2.45, 2.75) is 12.8 Å². The number of hydrogen-bond acceptors (Lipinski definition) is 6. The molecule has 0 aliphatic rings. The minimum absolute atomic E-state index is 0.111. The molecule has 0 amide bonds. The second-order valence-corrected chi connectivity index (χ2v) is 5.41. The molecule has 1 aromatic heterocycles. The SMILES string of the molecule is COc1ccc(CCc2cc(=O)c3cc(O)c(O)cc3o2)c(O)c1. The highest BCUT2D eigenvalue weighted by Gasteiger charge is 2.10. The Morgan fingerprint density at radius 1 is 0.958 bits per heavy atom. The van der Waals surface area contributed by atoms with E-state index in [2.05, 4.69) is 0 Å². The van der Waals surface area contributed by atoms with Crippen molar-refractivity contribution in [3.8, 4) is 23.0 Å². The van der Waals surface area contributed by atoms with Gasteiger partial charge in [-0.05, 0) is 24.1 Å². The molecule has 6 heteroatoms. The quantitative estimate of drug-likeness (QED) is 0.637. The lowest BCUT2D eigenvalue weighted by Gasteiger charge is -2.07. The van der Waals surface area contributed by atoms with E-state index in [4.69, 9.17) is 9.15 Å². The van der Waals surface area contributed by atoms with E-state index in [1.807, 2.05) is 0 Å². The van der Waals surface area contributed by atoms with Crippen LogP contribution in [0, 0.1) is 0 Å². The molecule has 0 atom stereocenters. The minimum atomic E-state index is -0.370. The van der Waals surface area contributed by atoms with Crippen molar-refractivity contribution in [2.75, 3.05) is 7.11 Å². The van der Waals surface area contributed by atoms with Gasteiger partial charge in [-0.2, -0.15) is 0 Å². The molecule has 0 aliphatic heterocycles. The van der Waals surface area contributed by atoms with Gasteiger partial charge in [0.15, 0.2) is 16.9 Å². The standard InChI is InChI=1S/C18H16O6/c1-23-11-4-2-10(14(19)6-11)3-5-12-7-15(20)13-8-16(21)17(22)9-18(13)24-12/h2,4,6-9,19,21-22H,3,5H2,1H3. The number of ether oxygens (including phenoxy) is 1. The fraction of sp³-hybridized carbons (Fsp3) is 0.167. The summed E-state index contributed by atoms with van der Waals surface area (Å²) in [6, 6.07) is 8.74. The Bertz CT molecular complexity index is 958. The summed E-state index contributed by atoms with van der Waals surface area (Å²) in [6.45, 7) is 0. The van der Waals surface area contributed by atoms with Crippen molar-refractivity contribution in [2.24, 2.45) is 0 Å². The van der Waals surface area contributed by atoms with Crippen LogP contribution in [0.4, 0.5) is 0 Å². The zero-order chi connectivity index (χ0) is 17.3. The Kier molecular flexibility index (Phi) is 4.04. The highest BCUT2D eigenvalue weighted by molar-refractivity contribution is 5.80. The number of methoxy groups -OCH3 is 1. The molecule has 0 saturated carbocycles. The molecule has 0 aliphatic carbocycles. The van der Waals surface area contributed by atoms with Gasteiger partial charge in [0.05, 0.1) is 12.5 Å². The lowest BCUT2D eigenvalue weighted by atomic mass is 10.1. The molecular weight excluding hydrogens is 312 g/mol. The average Bonchev–Trinajstić information content (AvgIpc) is 2.55. The first-order valence-corrected chi connectivity index (χ1v) is 7.32. The van der Waals surface area contributed by atoms with Crippen LogP contribution in [0.2, 0.25) is 0 Å². The van der Waals surface area contributed by atoms with Crippen LogP contribution in [0.25, 0.3) is 11.0 Å². The molecule has 24 heavy (non-hydrogen) atoms. The van der Waals surface area contributed by atoms with Crippen LogP contribution < -0.4 is 10.2 Å². The van der Waals surface area contributed by atoms with Gasteiger partial charge in [-0.15, -0.1) is 0 Å². The lowest BCUT2D eigenvalue weighted by Crippen LogP contribution is -2.03. The Hall–Kier alpha value is -3.15. The maximum Gasteiger partial charge on any atom is 0.193 e. The monoisotopic (exact) mass is 328 g/mol. The Labute approximate surface area is 137 Å². The van der Waals surface area contributed by atoms with Crippen molar-refractivity contribution < 1.29 is 24.5 Å². The average molecular weight is 328 g/mol. The fourth-order valence-corrected chi connectivity index (χ4v) is 2.49. The highest BCUT2D eigenvalue weighted by Crippen LogP contribution is 2.29. The Morgan fingerprint density at radius 3 is 2.42 bits per heavy atom. The normalized spacial score (nSPS) is 10.9. The predicted octanol–water partition coefficient (Wildman–Crippen LogP) is 2.70. The van der Waals surface area contributed by atoms with E-state index >= 15 is 0 Å². The first-order chi connectivity index (χ1) is 11.5. The number of benzene rings is 2. The topological polar surface area (TPSA) is 100 Å². The van der Waals surface area contributed by atoms with Crippen molar-refractivity contribution >= 4 is 11.0 Å². The van der Waals surface area contributed by atoms with Gasteiger partial charge in [0.1, 0.15) is 22.8 Å². The van der Waals surface area contributed by atoms with E-state index in [0.717, 1.165) is 0 Å². The van der Waals surface area contributed by atoms with Gasteiger partial charge in [0, 0.05) is 24.6 Å². The molecule has 2 aromatic carbocycles. The van der Waals surface area contributed by atoms with Crippen molar-refractivity contribution in [1.82, 2.24) is 0 Å². The number of rotatable bonds is 4. The molecule has 3 N–H and O–H groups in total. The summed E-state index contributed by atoms with van der Waals surface area (Å²) < 4.78 is 10.6. The summed E-state index contributed by atoms with van der Waals surface area (Å²) in [7, 11) is 1.52. The van der Waals surface area contributed by atoms with E-state index in [9.17, 15) is 20.1 Å². The first kappa shape index (κ1) is 15.7. The van der Waals surface area contributed by atoms with Crippen LogP contribution in [0.1, 0.15) is 11.3 Å². The van der Waals surface area contributed by atoms with Crippen LogP contribution in [-0.4, -0.2) is 22.4 Å². The van der Waals surface area contributed by atoms with Crippen molar-refractivity contribution in [1.29, 1.82) is 0 Å². The predicted molar refractivity (Wildman–Crippen MR) is 87.9 cm³/mol. The van der Waals surface area contributed by atoms with E-state index in [0.29, 0.717) is 29.9 Å². The molecule has 3 aromatic rings. The summed E-state index contributed by atoms with van der Waals surface area (Å²) in [5.74, 6) is 0.373. The molecule has 0 unspecified atom stereocenters. The van der Waals surface area contributed by atoms with E-state index in [1.165, 1.54) is 31.4 Å². The molecular formula is C18H16O6. The number of hydrogen-bond donors (Lipinski definition) is 3. The van der Waals surface area contributed by atoms with Crippen LogP contribution >= 0.6 is 0 Å². The van der Waals surface area contributed by atoms with Gasteiger partial charge < -0.3 is 24.5 Å². The lowest BCUT2D eigenvalue weighted by molar-refractivity contribution is 0.403. The maximum atomic E-state index is 12.1. The number of phenols is 3. The fourth-order valence-electron chi connectivity index (χ4n) is 2.49. The maximum absolute atomic E-state index is 12.1. The number of fused-ring (bicyclic) bond motifs is 1. The molecule has 0 bridgehead atoms. The molecule has 6 nitrogen and oxygen atoms in total. The highest BCUT2D eigenvalue weighted by atomic mass is 16.5. The van der Waals surface area contributed by atoms with Gasteiger partial charge >= 0.3 is 0 Å². The van der Waals surface area contributed by atoms with Gasteiger partial charge in [-0.3, -0.25) is 4.79 Å².